The van der Waals surface area contributed by atoms with Gasteiger partial charge in [-0.15, -0.1) is 0 Å². The van der Waals surface area contributed by atoms with Gasteiger partial charge < -0.3 is 9.64 Å². The van der Waals surface area contributed by atoms with E-state index < -0.39 is 0 Å². The Morgan fingerprint density at radius 3 is 2.71 bits per heavy atom. The van der Waals surface area contributed by atoms with E-state index in [4.69, 9.17) is 4.74 Å². The molecule has 0 aromatic heterocycles. The molecule has 1 aliphatic heterocycles. The highest BCUT2D eigenvalue weighted by molar-refractivity contribution is 8.26. The maximum absolute atomic E-state index is 11.8. The van der Waals surface area contributed by atoms with Crippen molar-refractivity contribution in [1.29, 1.82) is 0 Å². The van der Waals surface area contributed by atoms with Crippen LogP contribution in [-0.4, -0.2) is 21.3 Å². The lowest BCUT2D eigenvalue weighted by atomic mass is 10.2. The first-order valence-electron chi connectivity index (χ1n) is 6.69. The van der Waals surface area contributed by atoms with Crippen molar-refractivity contribution in [2.45, 2.75) is 26.5 Å². The van der Waals surface area contributed by atoms with Crippen molar-refractivity contribution in [3.05, 3.63) is 60.6 Å². The number of ether oxygens (including phenoxy) is 1. The smallest absolute Gasteiger partial charge is 0.374 e. The van der Waals surface area contributed by atoms with Crippen molar-refractivity contribution in [3.8, 4) is 0 Å². The molecule has 0 atom stereocenters. The van der Waals surface area contributed by atoms with Crippen LogP contribution < -0.4 is 0 Å². The van der Waals surface area contributed by atoms with Gasteiger partial charge >= 0.3 is 5.30 Å². The molecule has 0 spiro atoms. The molecule has 0 N–H and O–H groups in total. The molecule has 0 radical (unpaired) electrons. The third kappa shape index (κ3) is 4.49. The highest BCUT2D eigenvalue weighted by Gasteiger charge is 2.16. The average Bonchev–Trinajstić information content (AvgIpc) is 2.46. The zero-order valence-corrected chi connectivity index (χ0v) is 13.0. The number of carbonyl (C=O) groups is 1. The fraction of sp³-hybridized carbons (Fsp3) is 0.250. The van der Waals surface area contributed by atoms with Gasteiger partial charge in [-0.1, -0.05) is 36.9 Å². The topological polar surface area (TPSA) is 41.9 Å². The van der Waals surface area contributed by atoms with E-state index in [-0.39, 0.29) is 18.0 Å². The molecule has 0 amide bonds. The first-order valence-corrected chi connectivity index (χ1v) is 7.50. The summed E-state index contributed by atoms with van der Waals surface area (Å²) >= 11 is 0.972. The van der Waals surface area contributed by atoms with Crippen molar-refractivity contribution in [2.75, 3.05) is 0 Å². The second-order valence-corrected chi connectivity index (χ2v) is 5.77. The van der Waals surface area contributed by atoms with E-state index in [0.29, 0.717) is 10.9 Å². The minimum atomic E-state index is -0.368. The third-order valence-electron chi connectivity index (χ3n) is 2.86. The zero-order chi connectivity index (χ0) is 15.2. The quantitative estimate of drug-likeness (QED) is 0.786. The van der Waals surface area contributed by atoms with Crippen molar-refractivity contribution >= 4 is 22.1 Å². The van der Waals surface area contributed by atoms with Gasteiger partial charge in [0.15, 0.2) is 0 Å². The minimum Gasteiger partial charge on any atom is -0.452 e. The number of carbonyl (C=O) groups excluding carboxylic acids is 1. The summed E-state index contributed by atoms with van der Waals surface area (Å²) < 4.78 is 5.21. The van der Waals surface area contributed by atoms with E-state index in [0.717, 1.165) is 17.3 Å². The Morgan fingerprint density at radius 2 is 2.10 bits per heavy atom. The van der Waals surface area contributed by atoms with E-state index in [2.05, 4.69) is 25.4 Å². The van der Waals surface area contributed by atoms with Crippen molar-refractivity contribution in [2.24, 2.45) is 4.99 Å². The van der Waals surface area contributed by atoms with Gasteiger partial charge in [-0.3, -0.25) is 0 Å². The van der Waals surface area contributed by atoms with E-state index in [1.807, 2.05) is 41.4 Å². The molecule has 21 heavy (non-hydrogen) atoms. The summed E-state index contributed by atoms with van der Waals surface area (Å²) in [6, 6.07) is 9.86. The van der Waals surface area contributed by atoms with E-state index >= 15 is 0 Å². The maximum Gasteiger partial charge on any atom is 0.374 e. The highest BCUT2D eigenvalue weighted by atomic mass is 32.2. The summed E-state index contributed by atoms with van der Waals surface area (Å²) in [5.74, 6) is 0.630. The molecular formula is C16H18N2O2S. The lowest BCUT2D eigenvalue weighted by Crippen LogP contribution is -2.26. The summed E-state index contributed by atoms with van der Waals surface area (Å²) in [7, 11) is 0. The third-order valence-corrected chi connectivity index (χ3v) is 3.58. The first kappa shape index (κ1) is 15.4. The zero-order valence-electron chi connectivity index (χ0n) is 12.2. The Kier molecular flexibility index (Phi) is 5.22. The predicted molar refractivity (Wildman–Crippen MR) is 86.9 cm³/mol. The molecule has 0 saturated carbocycles. The molecule has 0 aliphatic carbocycles. The largest absolute Gasteiger partial charge is 0.452 e. The van der Waals surface area contributed by atoms with Crippen LogP contribution >= 0.6 is 11.8 Å². The molecule has 110 valence electrons. The molecule has 1 aromatic rings. The molecule has 0 unspecified atom stereocenters. The van der Waals surface area contributed by atoms with Gasteiger partial charge in [-0.25, -0.2) is 9.79 Å². The minimum absolute atomic E-state index is 0.267. The molecular weight excluding hydrogens is 284 g/mol. The summed E-state index contributed by atoms with van der Waals surface area (Å²) in [6.45, 7) is 8.26. The van der Waals surface area contributed by atoms with Crippen LogP contribution in [0.5, 0.6) is 0 Å². The summed E-state index contributed by atoms with van der Waals surface area (Å²) in [4.78, 5) is 18.0. The number of rotatable bonds is 3. The van der Waals surface area contributed by atoms with Gasteiger partial charge in [0.2, 0.25) is 0 Å². The second kappa shape index (κ2) is 7.13. The SMILES string of the molecule is C=C1N=C(SC(=O)OCc2ccccc2)C=CN1C(C)C. The average molecular weight is 302 g/mol. The van der Waals surface area contributed by atoms with Gasteiger partial charge in [0.1, 0.15) is 17.5 Å². The molecule has 0 fully saturated rings. The molecule has 1 aliphatic rings. The second-order valence-electron chi connectivity index (χ2n) is 4.81. The van der Waals surface area contributed by atoms with Crippen LogP contribution in [0.15, 0.2) is 60.0 Å². The summed E-state index contributed by atoms with van der Waals surface area (Å²) in [5, 5.41) is 0.225. The summed E-state index contributed by atoms with van der Waals surface area (Å²) in [6.07, 6.45) is 3.68. The fourth-order valence-electron chi connectivity index (χ4n) is 1.81. The lowest BCUT2D eigenvalue weighted by Gasteiger charge is -2.26. The van der Waals surface area contributed by atoms with Crippen LogP contribution in [0.2, 0.25) is 0 Å². The number of hydrogen-bond acceptors (Lipinski definition) is 5. The fourth-order valence-corrected chi connectivity index (χ4v) is 2.38. The van der Waals surface area contributed by atoms with Crippen LogP contribution in [0, 0.1) is 0 Å². The molecule has 5 heteroatoms. The number of benzene rings is 1. The Morgan fingerprint density at radius 1 is 1.38 bits per heavy atom. The van der Waals surface area contributed by atoms with Crippen LogP contribution in [0.1, 0.15) is 19.4 Å². The highest BCUT2D eigenvalue weighted by Crippen LogP contribution is 2.21. The monoisotopic (exact) mass is 302 g/mol. The maximum atomic E-state index is 11.8. The lowest BCUT2D eigenvalue weighted by molar-refractivity contribution is 0.169. The number of hydrogen-bond donors (Lipinski definition) is 0. The van der Waals surface area contributed by atoms with Gasteiger partial charge in [0.25, 0.3) is 0 Å². The van der Waals surface area contributed by atoms with E-state index in [1.54, 1.807) is 6.08 Å². The normalized spacial score (nSPS) is 14.3. The standard InChI is InChI=1S/C16H18N2O2S/c1-12(2)18-10-9-15(17-13(18)3)21-16(19)20-11-14-7-5-4-6-8-14/h4-10,12H,3,11H2,1-2H3. The van der Waals surface area contributed by atoms with E-state index in [1.165, 1.54) is 0 Å². The number of nitrogens with zero attached hydrogens (tertiary/aromatic N) is 2. The Balaban J connectivity index is 1.85. The van der Waals surface area contributed by atoms with Crippen LogP contribution in [0.25, 0.3) is 0 Å². The Labute approximate surface area is 129 Å². The van der Waals surface area contributed by atoms with Crippen LogP contribution in [-0.2, 0) is 11.3 Å². The molecule has 0 saturated heterocycles. The molecule has 1 aromatic carbocycles. The first-order chi connectivity index (χ1) is 10.1. The summed E-state index contributed by atoms with van der Waals surface area (Å²) in [5.41, 5.74) is 0.961. The van der Waals surface area contributed by atoms with Gasteiger partial charge in [0, 0.05) is 24.0 Å². The molecule has 1 heterocycles. The number of aliphatic imine (C=N–C) groups is 1. The van der Waals surface area contributed by atoms with Gasteiger partial charge in [0.05, 0.1) is 0 Å². The Bertz CT molecular complexity index is 579. The Hall–Kier alpha value is -2.01. The van der Waals surface area contributed by atoms with Gasteiger partial charge in [-0.05, 0) is 25.5 Å². The van der Waals surface area contributed by atoms with E-state index in [9.17, 15) is 4.79 Å². The number of thioether (sulfide) groups is 1. The van der Waals surface area contributed by atoms with Crippen LogP contribution in [0.4, 0.5) is 4.79 Å². The molecule has 4 nitrogen and oxygen atoms in total. The molecule has 0 bridgehead atoms. The van der Waals surface area contributed by atoms with Gasteiger partial charge in [-0.2, -0.15) is 0 Å². The van der Waals surface area contributed by atoms with Crippen molar-refractivity contribution < 1.29 is 9.53 Å². The van der Waals surface area contributed by atoms with Crippen molar-refractivity contribution in [3.63, 3.8) is 0 Å². The van der Waals surface area contributed by atoms with Crippen LogP contribution in [0.3, 0.4) is 0 Å². The van der Waals surface area contributed by atoms with Crippen molar-refractivity contribution in [1.82, 2.24) is 4.90 Å². The molecule has 2 rings (SSSR count). The predicted octanol–water partition coefficient (Wildman–Crippen LogP) is 4.16.